The molecule has 1 saturated heterocycles. The minimum atomic E-state index is 0.698. The lowest BCUT2D eigenvalue weighted by Crippen LogP contribution is -2.43. The average molecular weight is 199 g/mol. The molecule has 0 aromatic rings. The molecule has 0 spiro atoms. The Bertz CT molecular complexity index is 186. The fourth-order valence-corrected chi connectivity index (χ4v) is 1.83. The summed E-state index contributed by atoms with van der Waals surface area (Å²) in [5.74, 6) is 1.40. The number of nitrogens with zero attached hydrogens (tertiary/aromatic N) is 2. The first-order chi connectivity index (χ1) is 6.77. The van der Waals surface area contributed by atoms with Crippen molar-refractivity contribution in [2.75, 3.05) is 33.4 Å². The molecule has 1 aliphatic heterocycles. The van der Waals surface area contributed by atoms with E-state index in [1.165, 1.54) is 0 Å². The van der Waals surface area contributed by atoms with Crippen molar-refractivity contribution >= 4 is 5.96 Å². The van der Waals surface area contributed by atoms with Crippen LogP contribution in [0.4, 0.5) is 0 Å². The van der Waals surface area contributed by atoms with E-state index in [-0.39, 0.29) is 0 Å². The Morgan fingerprint density at radius 1 is 1.50 bits per heavy atom. The molecule has 0 radical (unpaired) electrons. The largest absolute Gasteiger partial charge is 0.384 e. The lowest BCUT2D eigenvalue weighted by atomic mass is 9.98. The molecule has 4 nitrogen and oxygen atoms in total. The van der Waals surface area contributed by atoms with Crippen molar-refractivity contribution in [3.8, 4) is 0 Å². The van der Waals surface area contributed by atoms with Gasteiger partial charge >= 0.3 is 0 Å². The first-order valence-electron chi connectivity index (χ1n) is 5.31. The van der Waals surface area contributed by atoms with Crippen LogP contribution in [0.3, 0.4) is 0 Å². The van der Waals surface area contributed by atoms with Crippen molar-refractivity contribution in [1.29, 1.82) is 0 Å². The van der Waals surface area contributed by atoms with Gasteiger partial charge in [-0.1, -0.05) is 0 Å². The van der Waals surface area contributed by atoms with E-state index in [9.17, 15) is 0 Å². The van der Waals surface area contributed by atoms with Gasteiger partial charge in [0.15, 0.2) is 5.96 Å². The second-order valence-electron chi connectivity index (χ2n) is 3.72. The molecule has 0 aromatic heterocycles. The number of aliphatic imine (C=N–C) groups is 1. The predicted octanol–water partition coefficient (Wildman–Crippen LogP) is 0.679. The maximum atomic E-state index is 5.82. The molecule has 2 N–H and O–H groups in total. The van der Waals surface area contributed by atoms with Gasteiger partial charge in [-0.3, -0.25) is 4.99 Å². The average Bonchev–Trinajstić information content (AvgIpc) is 2.20. The van der Waals surface area contributed by atoms with Crippen molar-refractivity contribution < 1.29 is 4.74 Å². The maximum Gasteiger partial charge on any atom is 0.191 e. The van der Waals surface area contributed by atoms with Crippen molar-refractivity contribution in [3.05, 3.63) is 0 Å². The van der Waals surface area contributed by atoms with Gasteiger partial charge in [-0.05, 0) is 25.7 Å². The molecule has 1 rings (SSSR count). The molecule has 0 amide bonds. The maximum absolute atomic E-state index is 5.82. The van der Waals surface area contributed by atoms with E-state index < -0.39 is 0 Å². The predicted molar refractivity (Wildman–Crippen MR) is 58.3 cm³/mol. The summed E-state index contributed by atoms with van der Waals surface area (Å²) in [5.41, 5.74) is 5.82. The first kappa shape index (κ1) is 11.3. The van der Waals surface area contributed by atoms with E-state index in [0.29, 0.717) is 11.9 Å². The fourth-order valence-electron chi connectivity index (χ4n) is 1.83. The molecular formula is C10H21N3O. The van der Waals surface area contributed by atoms with Gasteiger partial charge in [0.05, 0.1) is 0 Å². The van der Waals surface area contributed by atoms with Gasteiger partial charge in [0, 0.05) is 33.4 Å². The zero-order chi connectivity index (χ0) is 10.4. The number of hydrogen-bond acceptors (Lipinski definition) is 2. The van der Waals surface area contributed by atoms with E-state index in [1.807, 2.05) is 6.92 Å². The summed E-state index contributed by atoms with van der Waals surface area (Å²) in [6, 6.07) is 0. The lowest BCUT2D eigenvalue weighted by molar-refractivity contribution is 0.119. The summed E-state index contributed by atoms with van der Waals surface area (Å²) in [6.07, 6.45) is 2.32. The number of rotatable bonds is 3. The van der Waals surface area contributed by atoms with Crippen LogP contribution >= 0.6 is 0 Å². The summed E-state index contributed by atoms with van der Waals surface area (Å²) >= 11 is 0. The highest BCUT2D eigenvalue weighted by Crippen LogP contribution is 2.16. The standard InChI is InChI=1S/C10H21N3O/c1-3-12-10(11)13-6-4-9(5-7-13)8-14-2/h9H,3-8H2,1-2H3,(H2,11,12). The molecule has 0 aromatic carbocycles. The molecule has 0 unspecified atom stereocenters. The molecule has 82 valence electrons. The molecule has 1 heterocycles. The molecule has 1 fully saturated rings. The van der Waals surface area contributed by atoms with E-state index in [4.69, 9.17) is 10.5 Å². The molecule has 0 saturated carbocycles. The third-order valence-corrected chi connectivity index (χ3v) is 2.66. The van der Waals surface area contributed by atoms with E-state index in [1.54, 1.807) is 7.11 Å². The zero-order valence-electron chi connectivity index (χ0n) is 9.20. The highest BCUT2D eigenvalue weighted by atomic mass is 16.5. The van der Waals surface area contributed by atoms with E-state index in [2.05, 4.69) is 9.89 Å². The van der Waals surface area contributed by atoms with Crippen molar-refractivity contribution in [2.24, 2.45) is 16.6 Å². The highest BCUT2D eigenvalue weighted by molar-refractivity contribution is 5.78. The van der Waals surface area contributed by atoms with Crippen LogP contribution in [0, 0.1) is 5.92 Å². The first-order valence-corrected chi connectivity index (χ1v) is 5.31. The lowest BCUT2D eigenvalue weighted by Gasteiger charge is -2.32. The van der Waals surface area contributed by atoms with Gasteiger partial charge in [-0.15, -0.1) is 0 Å². The van der Waals surface area contributed by atoms with Crippen LogP contribution in [-0.2, 0) is 4.74 Å². The van der Waals surface area contributed by atoms with Crippen LogP contribution in [0.1, 0.15) is 19.8 Å². The smallest absolute Gasteiger partial charge is 0.191 e. The Balaban J connectivity index is 2.31. The van der Waals surface area contributed by atoms with Gasteiger partial charge in [0.2, 0.25) is 0 Å². The summed E-state index contributed by atoms with van der Waals surface area (Å²) in [4.78, 5) is 6.37. The molecule has 14 heavy (non-hydrogen) atoms. The van der Waals surface area contributed by atoms with Crippen molar-refractivity contribution in [3.63, 3.8) is 0 Å². The van der Waals surface area contributed by atoms with Crippen LogP contribution in [0.2, 0.25) is 0 Å². The second-order valence-corrected chi connectivity index (χ2v) is 3.72. The number of methoxy groups -OCH3 is 1. The third kappa shape index (κ3) is 3.18. The van der Waals surface area contributed by atoms with Gasteiger partial charge in [0.25, 0.3) is 0 Å². The number of piperidine rings is 1. The third-order valence-electron chi connectivity index (χ3n) is 2.66. The number of hydrogen-bond donors (Lipinski definition) is 1. The molecule has 0 aliphatic carbocycles. The summed E-state index contributed by atoms with van der Waals surface area (Å²) in [6.45, 7) is 5.68. The van der Waals surface area contributed by atoms with Gasteiger partial charge in [-0.25, -0.2) is 0 Å². The van der Waals surface area contributed by atoms with E-state index in [0.717, 1.165) is 39.1 Å². The zero-order valence-corrected chi connectivity index (χ0v) is 9.20. The van der Waals surface area contributed by atoms with E-state index >= 15 is 0 Å². The Morgan fingerprint density at radius 3 is 2.64 bits per heavy atom. The molecule has 0 atom stereocenters. The monoisotopic (exact) mass is 199 g/mol. The SMILES string of the molecule is CCN=C(N)N1CCC(COC)CC1. The number of ether oxygens (including phenoxy) is 1. The summed E-state index contributed by atoms with van der Waals surface area (Å²) in [5, 5.41) is 0. The molecule has 1 aliphatic rings. The van der Waals surface area contributed by atoms with Crippen LogP contribution in [0.5, 0.6) is 0 Å². The topological polar surface area (TPSA) is 50.8 Å². The molecular weight excluding hydrogens is 178 g/mol. The number of guanidine groups is 1. The fraction of sp³-hybridized carbons (Fsp3) is 0.900. The van der Waals surface area contributed by atoms with Crippen LogP contribution < -0.4 is 5.73 Å². The Kier molecular flexibility index (Phi) is 4.73. The molecule has 4 heteroatoms. The van der Waals surface area contributed by atoms with Gasteiger partial charge < -0.3 is 15.4 Å². The molecule has 0 bridgehead atoms. The minimum absolute atomic E-state index is 0.698. The normalized spacial score (nSPS) is 20.1. The van der Waals surface area contributed by atoms with Crippen LogP contribution in [-0.4, -0.2) is 44.2 Å². The summed E-state index contributed by atoms with van der Waals surface area (Å²) in [7, 11) is 1.76. The highest BCUT2D eigenvalue weighted by Gasteiger charge is 2.19. The second kappa shape index (κ2) is 5.86. The summed E-state index contributed by atoms with van der Waals surface area (Å²) < 4.78 is 5.14. The van der Waals surface area contributed by atoms with Gasteiger partial charge in [0.1, 0.15) is 0 Å². The Labute approximate surface area is 86.1 Å². The van der Waals surface area contributed by atoms with Crippen molar-refractivity contribution in [1.82, 2.24) is 4.90 Å². The van der Waals surface area contributed by atoms with Crippen LogP contribution in [0.15, 0.2) is 4.99 Å². The quantitative estimate of drug-likeness (QED) is 0.537. The number of likely N-dealkylation sites (tertiary alicyclic amines) is 1. The number of nitrogens with two attached hydrogens (primary N) is 1. The minimum Gasteiger partial charge on any atom is -0.384 e. The Hall–Kier alpha value is -0.770. The van der Waals surface area contributed by atoms with Gasteiger partial charge in [-0.2, -0.15) is 0 Å². The Morgan fingerprint density at radius 2 is 2.14 bits per heavy atom. The van der Waals surface area contributed by atoms with Crippen LogP contribution in [0.25, 0.3) is 0 Å². The van der Waals surface area contributed by atoms with Crippen molar-refractivity contribution in [2.45, 2.75) is 19.8 Å².